The Balaban J connectivity index is 0.000000808. The van der Waals surface area contributed by atoms with Crippen LogP contribution < -0.4 is 27.8 Å². The lowest BCUT2D eigenvalue weighted by molar-refractivity contribution is -0.139. The number of carbonyl (C=O) groups is 8. The maximum Gasteiger partial charge on any atom is 0.253 e. The molecule has 0 spiro atoms. The summed E-state index contributed by atoms with van der Waals surface area (Å²) in [6.07, 6.45) is 8.67. The molecule has 258 valence electrons. The first-order chi connectivity index (χ1) is 22.3. The van der Waals surface area contributed by atoms with Crippen molar-refractivity contribution in [2.24, 2.45) is 17.2 Å². The van der Waals surface area contributed by atoms with Crippen molar-refractivity contribution in [3.8, 4) is 0 Å². The largest absolute Gasteiger partial charge is 0.368 e. The molecule has 2 heterocycles. The fourth-order valence-electron chi connectivity index (χ4n) is 3.67. The maximum atomic E-state index is 11.6. The van der Waals surface area contributed by atoms with Crippen molar-refractivity contribution >= 4 is 104 Å². The second kappa shape index (κ2) is 26.3. The van der Waals surface area contributed by atoms with Crippen molar-refractivity contribution in [1.82, 2.24) is 20.4 Å². The molecule has 0 bridgehead atoms. The number of nitrogens with two attached hydrogens (primary N) is 3. The molecule has 0 aliphatic carbocycles. The number of carbonyl (C=O) groups excluding carboxylic acids is 8. The monoisotopic (exact) mass is 765 g/mol. The van der Waals surface area contributed by atoms with Gasteiger partial charge in [0.2, 0.25) is 23.2 Å². The molecular formula is C26H38N7O8P3S3. The quantitative estimate of drug-likeness (QED) is 0.0622. The van der Waals surface area contributed by atoms with Crippen molar-refractivity contribution in [3.63, 3.8) is 0 Å². The van der Waals surface area contributed by atoms with Crippen molar-refractivity contribution in [2.45, 2.75) is 63.5 Å². The van der Waals surface area contributed by atoms with Gasteiger partial charge in [0.1, 0.15) is 0 Å². The number of imide groups is 2. The van der Waals surface area contributed by atoms with Crippen molar-refractivity contribution in [1.29, 1.82) is 0 Å². The molecule has 8 N–H and O–H groups in total. The Labute approximate surface area is 292 Å². The Morgan fingerprint density at radius 1 is 0.660 bits per heavy atom. The molecule has 1 unspecified atom stereocenters. The molecule has 7 amide bonds. The van der Waals surface area contributed by atoms with Gasteiger partial charge in [-0.1, -0.05) is 0 Å². The van der Waals surface area contributed by atoms with Crippen LogP contribution in [0.2, 0.25) is 0 Å². The van der Waals surface area contributed by atoms with Gasteiger partial charge in [0.05, 0.1) is 19.4 Å². The minimum Gasteiger partial charge on any atom is -0.368 e. The van der Waals surface area contributed by atoms with Crippen LogP contribution in [0.25, 0.3) is 0 Å². The van der Waals surface area contributed by atoms with Crippen LogP contribution in [-0.4, -0.2) is 94.9 Å². The first-order valence-corrected chi connectivity index (χ1v) is 20.6. The average molecular weight is 766 g/mol. The molecule has 0 aromatic rings. The molecule has 2 aliphatic rings. The fraction of sp³-hybridized carbons (Fsp3) is 0.538. The van der Waals surface area contributed by atoms with Crippen LogP contribution in [0.1, 0.15) is 51.4 Å². The first kappa shape index (κ1) is 44.3. The van der Waals surface area contributed by atoms with Crippen LogP contribution in [-0.2, 0) is 73.8 Å². The molecular weight excluding hydrogens is 727 g/mol. The van der Waals surface area contributed by atoms with E-state index in [1.54, 1.807) is 0 Å². The molecule has 0 saturated heterocycles. The smallest absolute Gasteiger partial charge is 0.253 e. The number of nitrogens with one attached hydrogen (secondary N) is 2. The minimum absolute atomic E-state index is 0.0694. The predicted octanol–water partition coefficient (Wildman–Crippen LogP) is -0.0318. The van der Waals surface area contributed by atoms with Gasteiger partial charge in [0.15, 0.2) is 0 Å². The maximum absolute atomic E-state index is 11.6. The van der Waals surface area contributed by atoms with E-state index in [1.165, 1.54) is 24.3 Å². The molecule has 15 nitrogen and oxygen atoms in total. The third-order valence-corrected chi connectivity index (χ3v) is 9.98. The molecule has 2 aliphatic heterocycles. The van der Waals surface area contributed by atoms with Crippen molar-refractivity contribution in [2.75, 3.05) is 26.2 Å². The lowest BCUT2D eigenvalue weighted by Crippen LogP contribution is -2.36. The Hall–Kier alpha value is -2.68. The van der Waals surface area contributed by atoms with Crippen LogP contribution >= 0.6 is 21.4 Å². The second-order valence-electron chi connectivity index (χ2n) is 9.72. The van der Waals surface area contributed by atoms with E-state index >= 15 is 0 Å². The fourth-order valence-corrected chi connectivity index (χ4v) is 4.34. The zero-order chi connectivity index (χ0) is 35.8. The highest BCUT2D eigenvalue weighted by atomic mass is 32.7. The van der Waals surface area contributed by atoms with Gasteiger partial charge in [-0.15, -0.1) is 0 Å². The summed E-state index contributed by atoms with van der Waals surface area (Å²) >= 11 is 13.4. The van der Waals surface area contributed by atoms with Crippen LogP contribution in [0.15, 0.2) is 24.3 Å². The zero-order valence-electron chi connectivity index (χ0n) is 25.4. The van der Waals surface area contributed by atoms with E-state index in [0.717, 1.165) is 23.9 Å². The normalized spacial score (nSPS) is 14.9. The van der Waals surface area contributed by atoms with Crippen LogP contribution in [0.3, 0.4) is 0 Å². The third kappa shape index (κ3) is 20.3. The van der Waals surface area contributed by atoms with E-state index in [-0.39, 0.29) is 50.6 Å². The second-order valence-corrected chi connectivity index (χ2v) is 15.1. The van der Waals surface area contributed by atoms with E-state index in [2.05, 4.69) is 46.1 Å². The topological polar surface area (TPSA) is 245 Å². The molecule has 0 fully saturated rings. The Morgan fingerprint density at radius 2 is 1.02 bits per heavy atom. The number of hydrogen-bond acceptors (Lipinski definition) is 13. The van der Waals surface area contributed by atoms with Gasteiger partial charge < -0.3 is 27.8 Å². The minimum atomic E-state index is -0.652. The van der Waals surface area contributed by atoms with E-state index < -0.39 is 41.6 Å². The molecule has 0 aromatic carbocycles. The van der Waals surface area contributed by atoms with E-state index in [4.69, 9.17) is 17.2 Å². The number of hydrogen-bond donors (Lipinski definition) is 5. The standard InChI is InChI=1S/C13H20N4O4.C13H18N3O4PS.P2S2/c14-9(13(15)21)3-1-2-7-16-10(18)6-8-17-11(19)4-5-12(17)20;14-9(13(20)21-22)3-1-2-7-15-10(17)6-8-16-11(18)4-5-12(16)19;3-1-2-4/h4-5,9H,1-3,6-8,14H2,(H2,15,21)(H,16,18);4-5,9H,1-3,6-8,14H2,(H,15,17);/t;9-;/m.0./s1. The summed E-state index contributed by atoms with van der Waals surface area (Å²) in [6, 6.07) is -1.19. The summed E-state index contributed by atoms with van der Waals surface area (Å²) < 4.78 is 0. The summed E-state index contributed by atoms with van der Waals surface area (Å²) in [5.41, 5.74) is 16.0. The van der Waals surface area contributed by atoms with Gasteiger partial charge >= 0.3 is 0 Å². The van der Waals surface area contributed by atoms with Crippen molar-refractivity contribution < 1.29 is 38.4 Å². The summed E-state index contributed by atoms with van der Waals surface area (Å²) in [4.78, 5) is 92.1. The number of amides is 7. The molecule has 0 aromatic heterocycles. The van der Waals surface area contributed by atoms with E-state index in [9.17, 15) is 38.4 Å². The summed E-state index contributed by atoms with van der Waals surface area (Å²) in [6.45, 7) is 1.06. The Kier molecular flexibility index (Phi) is 24.8. The molecule has 21 heteroatoms. The summed E-state index contributed by atoms with van der Waals surface area (Å²) in [5.74, 6) is -2.57. The Morgan fingerprint density at radius 3 is 1.34 bits per heavy atom. The van der Waals surface area contributed by atoms with Gasteiger partial charge in [-0.25, -0.2) is 0 Å². The number of nitrogens with zero attached hydrogens (tertiary/aromatic N) is 2. The van der Waals surface area contributed by atoms with Gasteiger partial charge in [-0.3, -0.25) is 48.2 Å². The molecule has 0 saturated carbocycles. The van der Waals surface area contributed by atoms with Gasteiger partial charge in [0.25, 0.3) is 23.6 Å². The lowest BCUT2D eigenvalue weighted by atomic mass is 10.1. The zero-order valence-corrected chi connectivity index (χ0v) is 30.5. The highest BCUT2D eigenvalue weighted by molar-refractivity contribution is 8.40. The van der Waals surface area contributed by atoms with Gasteiger partial charge in [-0.05, 0) is 73.9 Å². The predicted molar refractivity (Wildman–Crippen MR) is 188 cm³/mol. The lowest BCUT2D eigenvalue weighted by Gasteiger charge is -2.13. The van der Waals surface area contributed by atoms with Crippen LogP contribution in [0.5, 0.6) is 0 Å². The van der Waals surface area contributed by atoms with E-state index in [0.29, 0.717) is 51.6 Å². The number of unbranched alkanes of at least 4 members (excludes halogenated alkanes) is 2. The average Bonchev–Trinajstić information content (AvgIpc) is 3.55. The summed E-state index contributed by atoms with van der Waals surface area (Å²) in [5, 5.41) is 5.37. The molecule has 2 rings (SSSR count). The van der Waals surface area contributed by atoms with Crippen molar-refractivity contribution in [3.05, 3.63) is 24.3 Å². The Bertz CT molecular complexity index is 1210. The number of primary amides is 1. The highest BCUT2D eigenvalue weighted by Crippen LogP contribution is 2.10. The molecule has 0 radical (unpaired) electrons. The number of rotatable bonds is 20. The third-order valence-electron chi connectivity index (χ3n) is 6.26. The SMILES string of the molecule is NC(=O)C(N)CCCCNC(=O)CCN1C(=O)C=CC1=O.N[C@@H](CCCCNC(=O)CCN1C(=O)C=CC1=O)C(=O)P=S.S=PP=S. The van der Waals surface area contributed by atoms with Crippen LogP contribution in [0, 0.1) is 0 Å². The van der Waals surface area contributed by atoms with E-state index in [1.807, 2.05) is 0 Å². The summed E-state index contributed by atoms with van der Waals surface area (Å²) in [7, 11) is 1.99. The van der Waals surface area contributed by atoms with Gasteiger partial charge in [-0.2, -0.15) is 0 Å². The van der Waals surface area contributed by atoms with Crippen LogP contribution in [0.4, 0.5) is 0 Å². The highest BCUT2D eigenvalue weighted by Gasteiger charge is 2.24. The first-order valence-electron chi connectivity index (χ1n) is 14.2. The molecule has 2 atom stereocenters. The van der Waals surface area contributed by atoms with Gasteiger partial charge in [0, 0.05) is 77.4 Å². The molecule has 47 heavy (non-hydrogen) atoms.